The SMILES string of the molecule is O=C(NC1CCCCCCC1)C1CC1. The van der Waals surface area contributed by atoms with Gasteiger partial charge < -0.3 is 5.32 Å². The lowest BCUT2D eigenvalue weighted by atomic mass is 9.96. The van der Waals surface area contributed by atoms with Crippen LogP contribution in [0.25, 0.3) is 0 Å². The Balaban J connectivity index is 1.73. The van der Waals surface area contributed by atoms with Crippen LogP contribution in [0.1, 0.15) is 57.8 Å². The molecule has 0 heterocycles. The molecule has 0 unspecified atom stereocenters. The summed E-state index contributed by atoms with van der Waals surface area (Å²) in [5.74, 6) is 0.705. The summed E-state index contributed by atoms with van der Waals surface area (Å²) in [6.45, 7) is 0. The van der Waals surface area contributed by atoms with Gasteiger partial charge in [0.25, 0.3) is 0 Å². The van der Waals surface area contributed by atoms with E-state index >= 15 is 0 Å². The molecule has 2 aliphatic rings. The van der Waals surface area contributed by atoms with E-state index in [1.165, 1.54) is 44.9 Å². The summed E-state index contributed by atoms with van der Waals surface area (Å²) in [5.41, 5.74) is 0. The largest absolute Gasteiger partial charge is 0.353 e. The lowest BCUT2D eigenvalue weighted by Gasteiger charge is -2.20. The number of hydrogen-bond donors (Lipinski definition) is 1. The van der Waals surface area contributed by atoms with Crippen molar-refractivity contribution in [1.29, 1.82) is 0 Å². The van der Waals surface area contributed by atoms with Crippen LogP contribution in [0.15, 0.2) is 0 Å². The van der Waals surface area contributed by atoms with E-state index in [9.17, 15) is 4.79 Å². The van der Waals surface area contributed by atoms with E-state index in [0.717, 1.165) is 12.8 Å². The average molecular weight is 195 g/mol. The van der Waals surface area contributed by atoms with Crippen LogP contribution < -0.4 is 5.32 Å². The summed E-state index contributed by atoms with van der Waals surface area (Å²) in [6, 6.07) is 0.489. The highest BCUT2D eigenvalue weighted by Crippen LogP contribution is 2.29. The molecule has 2 nitrogen and oxygen atoms in total. The topological polar surface area (TPSA) is 29.1 Å². The monoisotopic (exact) mass is 195 g/mol. The first kappa shape index (κ1) is 10.0. The Morgan fingerprint density at radius 1 is 0.857 bits per heavy atom. The van der Waals surface area contributed by atoms with Crippen LogP contribution in [0.3, 0.4) is 0 Å². The van der Waals surface area contributed by atoms with Crippen molar-refractivity contribution >= 4 is 5.91 Å². The van der Waals surface area contributed by atoms with Gasteiger partial charge in [0.05, 0.1) is 0 Å². The summed E-state index contributed by atoms with van der Waals surface area (Å²) in [5, 5.41) is 3.21. The van der Waals surface area contributed by atoms with Gasteiger partial charge in [0, 0.05) is 12.0 Å². The molecular weight excluding hydrogens is 174 g/mol. The number of amides is 1. The van der Waals surface area contributed by atoms with E-state index in [0.29, 0.717) is 17.9 Å². The van der Waals surface area contributed by atoms with Crippen molar-refractivity contribution in [3.63, 3.8) is 0 Å². The van der Waals surface area contributed by atoms with Crippen molar-refractivity contribution in [3.05, 3.63) is 0 Å². The van der Waals surface area contributed by atoms with Crippen LogP contribution in [0.4, 0.5) is 0 Å². The van der Waals surface area contributed by atoms with Gasteiger partial charge in [0.1, 0.15) is 0 Å². The second-order valence-electron chi connectivity index (χ2n) is 4.82. The molecule has 1 N–H and O–H groups in total. The van der Waals surface area contributed by atoms with Crippen molar-refractivity contribution in [2.45, 2.75) is 63.8 Å². The van der Waals surface area contributed by atoms with Gasteiger partial charge in [-0.2, -0.15) is 0 Å². The van der Waals surface area contributed by atoms with Gasteiger partial charge in [0.2, 0.25) is 5.91 Å². The Bertz CT molecular complexity index is 190. The van der Waals surface area contributed by atoms with Crippen LogP contribution in [0, 0.1) is 5.92 Å². The molecule has 2 rings (SSSR count). The molecule has 2 saturated carbocycles. The van der Waals surface area contributed by atoms with Crippen LogP contribution in [-0.4, -0.2) is 11.9 Å². The van der Waals surface area contributed by atoms with Crippen LogP contribution in [-0.2, 0) is 4.79 Å². The van der Waals surface area contributed by atoms with E-state index in [2.05, 4.69) is 5.32 Å². The lowest BCUT2D eigenvalue weighted by molar-refractivity contribution is -0.123. The van der Waals surface area contributed by atoms with E-state index in [1.54, 1.807) is 0 Å². The molecule has 0 spiro atoms. The first-order chi connectivity index (χ1) is 6.86. The van der Waals surface area contributed by atoms with Gasteiger partial charge in [-0.15, -0.1) is 0 Å². The molecule has 2 heteroatoms. The third kappa shape index (κ3) is 3.00. The number of carbonyl (C=O) groups excluding carboxylic acids is 1. The summed E-state index contributed by atoms with van der Waals surface area (Å²) in [7, 11) is 0. The second-order valence-corrected chi connectivity index (χ2v) is 4.82. The summed E-state index contributed by atoms with van der Waals surface area (Å²) < 4.78 is 0. The zero-order valence-corrected chi connectivity index (χ0v) is 8.93. The van der Waals surface area contributed by atoms with Gasteiger partial charge >= 0.3 is 0 Å². The van der Waals surface area contributed by atoms with E-state index < -0.39 is 0 Å². The van der Waals surface area contributed by atoms with E-state index in [4.69, 9.17) is 0 Å². The maximum absolute atomic E-state index is 11.6. The zero-order chi connectivity index (χ0) is 9.80. The fourth-order valence-electron chi connectivity index (χ4n) is 2.27. The summed E-state index contributed by atoms with van der Waals surface area (Å²) >= 11 is 0. The third-order valence-corrected chi connectivity index (χ3v) is 3.40. The number of nitrogens with one attached hydrogen (secondary N) is 1. The molecule has 0 aromatic rings. The molecule has 2 fully saturated rings. The Hall–Kier alpha value is -0.530. The Labute approximate surface area is 86.5 Å². The van der Waals surface area contributed by atoms with E-state index in [1.807, 2.05) is 0 Å². The maximum Gasteiger partial charge on any atom is 0.223 e. The molecule has 0 aromatic carbocycles. The first-order valence-corrected chi connectivity index (χ1v) is 6.16. The van der Waals surface area contributed by atoms with Gasteiger partial charge in [-0.1, -0.05) is 32.1 Å². The van der Waals surface area contributed by atoms with Crippen molar-refractivity contribution in [1.82, 2.24) is 5.32 Å². The lowest BCUT2D eigenvalue weighted by Crippen LogP contribution is -2.36. The fraction of sp³-hybridized carbons (Fsp3) is 0.917. The average Bonchev–Trinajstić information content (AvgIpc) is 2.91. The highest BCUT2D eigenvalue weighted by molar-refractivity contribution is 5.81. The Morgan fingerprint density at radius 3 is 2.00 bits per heavy atom. The van der Waals surface area contributed by atoms with Gasteiger partial charge in [-0.05, 0) is 25.7 Å². The summed E-state index contributed by atoms with van der Waals surface area (Å²) in [6.07, 6.45) is 11.4. The smallest absolute Gasteiger partial charge is 0.223 e. The highest BCUT2D eigenvalue weighted by Gasteiger charge is 2.30. The number of hydrogen-bond acceptors (Lipinski definition) is 1. The molecule has 0 radical (unpaired) electrons. The molecular formula is C12H21NO. The Kier molecular flexibility index (Phi) is 3.44. The zero-order valence-electron chi connectivity index (χ0n) is 8.93. The highest BCUT2D eigenvalue weighted by atomic mass is 16.2. The fourth-order valence-corrected chi connectivity index (χ4v) is 2.27. The minimum atomic E-state index is 0.329. The molecule has 80 valence electrons. The first-order valence-electron chi connectivity index (χ1n) is 6.16. The van der Waals surface area contributed by atoms with Gasteiger partial charge in [0.15, 0.2) is 0 Å². The summed E-state index contributed by atoms with van der Waals surface area (Å²) in [4.78, 5) is 11.6. The van der Waals surface area contributed by atoms with Crippen molar-refractivity contribution < 1.29 is 4.79 Å². The standard InChI is InChI=1S/C12H21NO/c14-12(10-8-9-10)13-11-6-4-2-1-3-5-7-11/h10-11H,1-9H2,(H,13,14). The molecule has 1 amide bonds. The van der Waals surface area contributed by atoms with Crippen molar-refractivity contribution in [2.75, 3.05) is 0 Å². The minimum absolute atomic E-state index is 0.329. The van der Waals surface area contributed by atoms with Crippen LogP contribution in [0.5, 0.6) is 0 Å². The molecule has 14 heavy (non-hydrogen) atoms. The maximum atomic E-state index is 11.6. The molecule has 0 saturated heterocycles. The third-order valence-electron chi connectivity index (χ3n) is 3.40. The molecule has 2 aliphatic carbocycles. The van der Waals surface area contributed by atoms with Crippen molar-refractivity contribution in [3.8, 4) is 0 Å². The Morgan fingerprint density at radius 2 is 1.43 bits per heavy atom. The number of rotatable bonds is 2. The number of carbonyl (C=O) groups is 1. The predicted molar refractivity (Wildman–Crippen MR) is 57.0 cm³/mol. The van der Waals surface area contributed by atoms with E-state index in [-0.39, 0.29) is 0 Å². The van der Waals surface area contributed by atoms with Crippen LogP contribution >= 0.6 is 0 Å². The van der Waals surface area contributed by atoms with Gasteiger partial charge in [-0.25, -0.2) is 0 Å². The minimum Gasteiger partial charge on any atom is -0.353 e. The molecule has 0 aromatic heterocycles. The van der Waals surface area contributed by atoms with Crippen LogP contribution in [0.2, 0.25) is 0 Å². The second kappa shape index (κ2) is 4.81. The quantitative estimate of drug-likeness (QED) is 0.721. The van der Waals surface area contributed by atoms with Crippen molar-refractivity contribution in [2.24, 2.45) is 5.92 Å². The molecule has 0 aliphatic heterocycles. The normalized spacial score (nSPS) is 25.1. The molecule has 0 atom stereocenters. The molecule has 0 bridgehead atoms. The predicted octanol–water partition coefficient (Wildman–Crippen LogP) is 2.63. The van der Waals surface area contributed by atoms with Gasteiger partial charge in [-0.3, -0.25) is 4.79 Å².